The number of aromatic nitrogens is 2. The summed E-state index contributed by atoms with van der Waals surface area (Å²) in [6.45, 7) is 4.12. The Labute approximate surface area is 95.9 Å². The normalized spacial score (nSPS) is 14.7. The van der Waals surface area contributed by atoms with Crippen molar-refractivity contribution in [3.63, 3.8) is 0 Å². The summed E-state index contributed by atoms with van der Waals surface area (Å²) in [5.74, 6) is 0. The van der Waals surface area contributed by atoms with E-state index >= 15 is 0 Å². The third-order valence-corrected chi connectivity index (χ3v) is 2.82. The van der Waals surface area contributed by atoms with Gasteiger partial charge in [0.05, 0.1) is 6.04 Å². The lowest BCUT2D eigenvalue weighted by molar-refractivity contribution is 0.452. The van der Waals surface area contributed by atoms with E-state index in [2.05, 4.69) is 24.2 Å². The van der Waals surface area contributed by atoms with Gasteiger partial charge in [0.15, 0.2) is 0 Å². The molecule has 2 N–H and O–H groups in total. The van der Waals surface area contributed by atoms with Gasteiger partial charge in [-0.2, -0.15) is 5.10 Å². The number of benzene rings is 1. The summed E-state index contributed by atoms with van der Waals surface area (Å²) in [7, 11) is 0. The summed E-state index contributed by atoms with van der Waals surface area (Å²) in [5.41, 5.74) is 8.56. The van der Waals surface area contributed by atoms with Crippen LogP contribution in [0.4, 0.5) is 0 Å². The van der Waals surface area contributed by atoms with Gasteiger partial charge in [-0.25, -0.2) is 0 Å². The molecular formula is C13H17N3. The van der Waals surface area contributed by atoms with Crippen molar-refractivity contribution in [3.8, 4) is 0 Å². The largest absolute Gasteiger partial charge is 0.326 e. The van der Waals surface area contributed by atoms with E-state index in [0.717, 1.165) is 0 Å². The minimum Gasteiger partial charge on any atom is -0.326 e. The maximum atomic E-state index is 6.07. The highest BCUT2D eigenvalue weighted by molar-refractivity contribution is 5.30. The maximum Gasteiger partial charge on any atom is 0.0919 e. The lowest BCUT2D eigenvalue weighted by atomic mass is 9.97. The average molecular weight is 215 g/mol. The predicted molar refractivity (Wildman–Crippen MR) is 65.2 cm³/mol. The highest BCUT2D eigenvalue weighted by atomic mass is 15.3. The number of hydrogen-bond acceptors (Lipinski definition) is 2. The van der Waals surface area contributed by atoms with E-state index in [1.54, 1.807) is 6.20 Å². The van der Waals surface area contributed by atoms with Crippen molar-refractivity contribution in [2.75, 3.05) is 0 Å². The standard InChI is InChI=1S/C13H17N3/c1-10-6-3-4-7-12(10)13(11(2)14)16-9-5-8-15-16/h3-9,11,13H,14H2,1-2H3/t11-,13-/m1/s1. The van der Waals surface area contributed by atoms with Crippen molar-refractivity contribution in [2.45, 2.75) is 25.9 Å². The van der Waals surface area contributed by atoms with E-state index in [0.29, 0.717) is 0 Å². The Balaban J connectivity index is 2.45. The van der Waals surface area contributed by atoms with Crippen molar-refractivity contribution in [1.82, 2.24) is 9.78 Å². The van der Waals surface area contributed by atoms with Crippen LogP contribution in [0.5, 0.6) is 0 Å². The molecule has 0 bridgehead atoms. The molecular weight excluding hydrogens is 198 g/mol. The van der Waals surface area contributed by atoms with E-state index in [4.69, 9.17) is 5.73 Å². The van der Waals surface area contributed by atoms with Crippen molar-refractivity contribution in [1.29, 1.82) is 0 Å². The molecule has 3 nitrogen and oxygen atoms in total. The molecule has 2 rings (SSSR count). The first-order valence-corrected chi connectivity index (χ1v) is 5.50. The van der Waals surface area contributed by atoms with Gasteiger partial charge >= 0.3 is 0 Å². The van der Waals surface area contributed by atoms with Crippen LogP contribution in [0.3, 0.4) is 0 Å². The van der Waals surface area contributed by atoms with Crippen LogP contribution >= 0.6 is 0 Å². The molecule has 1 heterocycles. The van der Waals surface area contributed by atoms with E-state index < -0.39 is 0 Å². The quantitative estimate of drug-likeness (QED) is 0.852. The molecule has 0 radical (unpaired) electrons. The van der Waals surface area contributed by atoms with Gasteiger partial charge in [-0.1, -0.05) is 24.3 Å². The Bertz CT molecular complexity index is 446. The number of aryl methyl sites for hydroxylation is 1. The first-order valence-electron chi connectivity index (χ1n) is 5.50. The molecule has 0 aliphatic rings. The van der Waals surface area contributed by atoms with E-state index in [-0.39, 0.29) is 12.1 Å². The van der Waals surface area contributed by atoms with Gasteiger partial charge in [-0.15, -0.1) is 0 Å². The van der Waals surface area contributed by atoms with Gasteiger partial charge in [0.1, 0.15) is 0 Å². The van der Waals surface area contributed by atoms with Crippen molar-refractivity contribution in [3.05, 3.63) is 53.9 Å². The lowest BCUT2D eigenvalue weighted by Gasteiger charge is -2.23. The average Bonchev–Trinajstić information content (AvgIpc) is 2.74. The molecule has 1 aromatic carbocycles. The zero-order valence-corrected chi connectivity index (χ0v) is 9.67. The number of hydrogen-bond donors (Lipinski definition) is 1. The summed E-state index contributed by atoms with van der Waals surface area (Å²) in [6, 6.07) is 10.4. The first-order chi connectivity index (χ1) is 7.70. The number of rotatable bonds is 3. The third-order valence-electron chi connectivity index (χ3n) is 2.82. The fraction of sp³-hybridized carbons (Fsp3) is 0.308. The van der Waals surface area contributed by atoms with Crippen LogP contribution in [0.1, 0.15) is 24.1 Å². The second kappa shape index (κ2) is 4.49. The van der Waals surface area contributed by atoms with Crippen LogP contribution in [-0.2, 0) is 0 Å². The highest BCUT2D eigenvalue weighted by Crippen LogP contribution is 2.23. The Hall–Kier alpha value is -1.61. The molecule has 16 heavy (non-hydrogen) atoms. The van der Waals surface area contributed by atoms with Crippen LogP contribution < -0.4 is 5.73 Å². The van der Waals surface area contributed by atoms with Crippen LogP contribution in [0.15, 0.2) is 42.7 Å². The molecule has 0 fully saturated rings. The molecule has 0 amide bonds. The van der Waals surface area contributed by atoms with Crippen LogP contribution in [0.2, 0.25) is 0 Å². The molecule has 0 aliphatic carbocycles. The van der Waals surface area contributed by atoms with Gasteiger partial charge in [-0.3, -0.25) is 4.68 Å². The zero-order chi connectivity index (χ0) is 11.5. The lowest BCUT2D eigenvalue weighted by Crippen LogP contribution is -2.31. The second-order valence-corrected chi connectivity index (χ2v) is 4.15. The SMILES string of the molecule is Cc1ccccc1[C@@H]([C@@H](C)N)n1cccn1. The Morgan fingerprint density at radius 1 is 1.25 bits per heavy atom. The zero-order valence-electron chi connectivity index (χ0n) is 9.67. The van der Waals surface area contributed by atoms with Crippen molar-refractivity contribution >= 4 is 0 Å². The molecule has 2 aromatic rings. The maximum absolute atomic E-state index is 6.07. The molecule has 1 aromatic heterocycles. The van der Waals surface area contributed by atoms with E-state index in [9.17, 15) is 0 Å². The van der Waals surface area contributed by atoms with Crippen LogP contribution in [-0.4, -0.2) is 15.8 Å². The Morgan fingerprint density at radius 3 is 2.56 bits per heavy atom. The summed E-state index contributed by atoms with van der Waals surface area (Å²) < 4.78 is 1.92. The van der Waals surface area contributed by atoms with Gasteiger partial charge in [0.2, 0.25) is 0 Å². The van der Waals surface area contributed by atoms with Gasteiger partial charge in [0.25, 0.3) is 0 Å². The fourth-order valence-corrected chi connectivity index (χ4v) is 2.03. The Morgan fingerprint density at radius 2 is 2.00 bits per heavy atom. The topological polar surface area (TPSA) is 43.8 Å². The van der Waals surface area contributed by atoms with Crippen LogP contribution in [0.25, 0.3) is 0 Å². The smallest absolute Gasteiger partial charge is 0.0919 e. The molecule has 0 saturated heterocycles. The highest BCUT2D eigenvalue weighted by Gasteiger charge is 2.19. The monoisotopic (exact) mass is 215 g/mol. The van der Waals surface area contributed by atoms with Crippen molar-refractivity contribution in [2.24, 2.45) is 5.73 Å². The molecule has 0 spiro atoms. The molecule has 0 aliphatic heterocycles. The molecule has 0 unspecified atom stereocenters. The predicted octanol–water partition coefficient (Wildman–Crippen LogP) is 2.13. The number of nitrogens with zero attached hydrogens (tertiary/aromatic N) is 2. The minimum atomic E-state index is 0.0287. The molecule has 0 saturated carbocycles. The van der Waals surface area contributed by atoms with E-state index in [1.165, 1.54) is 11.1 Å². The molecule has 3 heteroatoms. The molecule has 84 valence electrons. The second-order valence-electron chi connectivity index (χ2n) is 4.15. The van der Waals surface area contributed by atoms with Gasteiger partial charge in [-0.05, 0) is 31.0 Å². The summed E-state index contributed by atoms with van der Waals surface area (Å²) >= 11 is 0. The first kappa shape index (κ1) is 10.9. The van der Waals surface area contributed by atoms with Gasteiger partial charge < -0.3 is 5.73 Å². The van der Waals surface area contributed by atoms with E-state index in [1.807, 2.05) is 36.0 Å². The van der Waals surface area contributed by atoms with Crippen molar-refractivity contribution < 1.29 is 0 Å². The molecule has 2 atom stereocenters. The Kier molecular flexibility index (Phi) is 3.06. The fourth-order valence-electron chi connectivity index (χ4n) is 2.03. The third kappa shape index (κ3) is 1.99. The summed E-state index contributed by atoms with van der Waals surface area (Å²) in [4.78, 5) is 0. The van der Waals surface area contributed by atoms with Crippen LogP contribution in [0, 0.1) is 6.92 Å². The van der Waals surface area contributed by atoms with Gasteiger partial charge in [0, 0.05) is 18.4 Å². The summed E-state index contributed by atoms with van der Waals surface area (Å²) in [5, 5.41) is 4.29. The number of nitrogens with two attached hydrogens (primary N) is 1. The summed E-state index contributed by atoms with van der Waals surface area (Å²) in [6.07, 6.45) is 3.74. The minimum absolute atomic E-state index is 0.0287.